The Labute approximate surface area is 195 Å². The van der Waals surface area contributed by atoms with Crippen molar-refractivity contribution in [2.75, 3.05) is 24.5 Å². The van der Waals surface area contributed by atoms with Crippen LogP contribution in [-0.2, 0) is 20.9 Å². The lowest BCUT2D eigenvalue weighted by Crippen LogP contribution is -2.40. The van der Waals surface area contributed by atoms with Crippen molar-refractivity contribution in [2.24, 2.45) is 5.92 Å². The molecule has 0 bridgehead atoms. The second-order valence-electron chi connectivity index (χ2n) is 7.91. The fourth-order valence-corrected chi connectivity index (χ4v) is 3.72. The third-order valence-corrected chi connectivity index (χ3v) is 5.44. The van der Waals surface area contributed by atoms with E-state index < -0.39 is 11.9 Å². The third kappa shape index (κ3) is 9.70. The van der Waals surface area contributed by atoms with Crippen molar-refractivity contribution in [3.8, 4) is 0 Å². The highest BCUT2D eigenvalue weighted by atomic mass is 16.4. The van der Waals surface area contributed by atoms with Gasteiger partial charge in [-0.15, -0.1) is 0 Å². The van der Waals surface area contributed by atoms with Gasteiger partial charge < -0.3 is 15.1 Å². The average molecular weight is 453 g/mol. The maximum atomic E-state index is 12.4. The molecule has 2 aromatic carbocycles. The highest BCUT2D eigenvalue weighted by Gasteiger charge is 2.24. The lowest BCUT2D eigenvalue weighted by atomic mass is 9.95. The first kappa shape index (κ1) is 25.8. The number of carboxylic acids is 2. The van der Waals surface area contributed by atoms with Crippen molar-refractivity contribution < 1.29 is 24.6 Å². The van der Waals surface area contributed by atoms with Crippen molar-refractivity contribution in [1.82, 2.24) is 4.90 Å². The molecule has 3 rings (SSSR count). The quantitative estimate of drug-likeness (QED) is 0.587. The number of aliphatic carboxylic acids is 2. The molecule has 33 heavy (non-hydrogen) atoms. The Morgan fingerprint density at radius 3 is 1.91 bits per heavy atom. The second kappa shape index (κ2) is 13.9. The molecule has 1 heterocycles. The van der Waals surface area contributed by atoms with Crippen LogP contribution in [0.1, 0.15) is 31.7 Å². The molecule has 2 aromatic rings. The van der Waals surface area contributed by atoms with Gasteiger partial charge in [0.25, 0.3) is 0 Å². The standard InChI is InChI=1S/C22H28N2O.C4H4O4/c1-2-22(25)24(21-11-7-4-8-12-21)18-20-13-15-23(16-14-20)17-19-9-5-3-6-10-19;5-3(6)1-2-4(7)8/h3-12,20H,2,13-18H2,1H3;1-2H,(H,5,6)(H,7,8)/b;2-1+. The molecule has 0 saturated carbocycles. The minimum atomic E-state index is -1.26. The first-order chi connectivity index (χ1) is 15.9. The summed E-state index contributed by atoms with van der Waals surface area (Å²) in [6.07, 6.45) is 3.99. The molecule has 1 fully saturated rings. The fraction of sp³-hybridized carbons (Fsp3) is 0.346. The van der Waals surface area contributed by atoms with Crippen LogP contribution in [-0.4, -0.2) is 52.6 Å². The largest absolute Gasteiger partial charge is 0.478 e. The number of amides is 1. The molecular weight excluding hydrogens is 420 g/mol. The summed E-state index contributed by atoms with van der Waals surface area (Å²) in [5.41, 5.74) is 2.41. The van der Waals surface area contributed by atoms with Gasteiger partial charge in [0, 0.05) is 37.3 Å². The molecule has 0 aromatic heterocycles. The number of carbonyl (C=O) groups excluding carboxylic acids is 1. The van der Waals surface area contributed by atoms with Crippen LogP contribution in [0.4, 0.5) is 5.69 Å². The third-order valence-electron chi connectivity index (χ3n) is 5.44. The van der Waals surface area contributed by atoms with Gasteiger partial charge >= 0.3 is 11.9 Å². The summed E-state index contributed by atoms with van der Waals surface area (Å²) in [6.45, 7) is 6.05. The number of para-hydroxylation sites is 1. The lowest BCUT2D eigenvalue weighted by Gasteiger charge is -2.35. The molecular formula is C26H32N2O5. The normalized spacial score (nSPS) is 14.3. The SMILES string of the molecule is CCC(=O)N(CC1CCN(Cc2ccccc2)CC1)c1ccccc1.O=C(O)/C=C/C(=O)O. The molecule has 1 saturated heterocycles. The zero-order valence-electron chi connectivity index (χ0n) is 19.0. The summed E-state index contributed by atoms with van der Waals surface area (Å²) in [7, 11) is 0. The van der Waals surface area contributed by atoms with Crippen LogP contribution in [0.15, 0.2) is 72.8 Å². The van der Waals surface area contributed by atoms with E-state index in [9.17, 15) is 14.4 Å². The van der Waals surface area contributed by atoms with Crippen LogP contribution in [0, 0.1) is 5.92 Å². The summed E-state index contributed by atoms with van der Waals surface area (Å²) in [4.78, 5) is 36.0. The zero-order valence-corrected chi connectivity index (χ0v) is 19.0. The zero-order chi connectivity index (χ0) is 24.1. The number of hydrogen-bond donors (Lipinski definition) is 2. The van der Waals surface area contributed by atoms with Gasteiger partial charge in [-0.1, -0.05) is 55.5 Å². The molecule has 1 aliphatic rings. The Kier molecular flexibility index (Phi) is 10.8. The Morgan fingerprint density at radius 1 is 0.909 bits per heavy atom. The minimum Gasteiger partial charge on any atom is -0.478 e. The maximum absolute atomic E-state index is 12.4. The van der Waals surface area contributed by atoms with E-state index in [4.69, 9.17) is 10.2 Å². The first-order valence-electron chi connectivity index (χ1n) is 11.1. The predicted octanol–water partition coefficient (Wildman–Crippen LogP) is 4.05. The molecule has 0 spiro atoms. The van der Waals surface area contributed by atoms with Gasteiger partial charge in [0.2, 0.25) is 5.91 Å². The summed E-state index contributed by atoms with van der Waals surface area (Å²) >= 11 is 0. The summed E-state index contributed by atoms with van der Waals surface area (Å²) in [6, 6.07) is 20.8. The van der Waals surface area contributed by atoms with E-state index in [1.807, 2.05) is 42.2 Å². The van der Waals surface area contributed by atoms with E-state index >= 15 is 0 Å². The smallest absolute Gasteiger partial charge is 0.328 e. The molecule has 0 radical (unpaired) electrons. The molecule has 7 heteroatoms. The highest BCUT2D eigenvalue weighted by molar-refractivity contribution is 5.93. The molecule has 0 atom stereocenters. The van der Waals surface area contributed by atoms with Gasteiger partial charge in [0.1, 0.15) is 0 Å². The molecule has 0 aliphatic carbocycles. The lowest BCUT2D eigenvalue weighted by molar-refractivity contribution is -0.134. The first-order valence-corrected chi connectivity index (χ1v) is 11.1. The van der Waals surface area contributed by atoms with Gasteiger partial charge in [-0.25, -0.2) is 9.59 Å². The monoisotopic (exact) mass is 452 g/mol. The van der Waals surface area contributed by atoms with E-state index in [2.05, 4.69) is 35.2 Å². The van der Waals surface area contributed by atoms with Crippen molar-refractivity contribution >= 4 is 23.5 Å². The molecule has 176 valence electrons. The van der Waals surface area contributed by atoms with Gasteiger partial charge in [-0.05, 0) is 49.5 Å². The Balaban J connectivity index is 0.000000414. The number of rotatable bonds is 8. The van der Waals surface area contributed by atoms with Crippen LogP contribution in [0.3, 0.4) is 0 Å². The molecule has 7 nitrogen and oxygen atoms in total. The molecule has 1 aliphatic heterocycles. The van der Waals surface area contributed by atoms with Crippen molar-refractivity contribution in [1.29, 1.82) is 0 Å². The average Bonchev–Trinajstić information content (AvgIpc) is 2.83. The van der Waals surface area contributed by atoms with Crippen molar-refractivity contribution in [2.45, 2.75) is 32.7 Å². The predicted molar refractivity (Wildman–Crippen MR) is 128 cm³/mol. The molecule has 0 unspecified atom stereocenters. The van der Waals surface area contributed by atoms with Gasteiger partial charge in [-0.2, -0.15) is 0 Å². The minimum absolute atomic E-state index is 0.220. The summed E-state index contributed by atoms with van der Waals surface area (Å²) in [5.74, 6) is -1.71. The fourth-order valence-electron chi connectivity index (χ4n) is 3.72. The van der Waals surface area contributed by atoms with E-state index in [0.29, 0.717) is 24.5 Å². The number of anilines is 1. The molecule has 1 amide bonds. The number of carbonyl (C=O) groups is 3. The number of carboxylic acid groups (broad SMARTS) is 2. The number of hydrogen-bond acceptors (Lipinski definition) is 4. The van der Waals surface area contributed by atoms with Crippen molar-refractivity contribution in [3.63, 3.8) is 0 Å². The van der Waals surface area contributed by atoms with Crippen LogP contribution in [0.2, 0.25) is 0 Å². The molecule has 2 N–H and O–H groups in total. The summed E-state index contributed by atoms with van der Waals surface area (Å²) in [5, 5.41) is 15.6. The number of piperidine rings is 1. The Bertz CT molecular complexity index is 891. The maximum Gasteiger partial charge on any atom is 0.328 e. The summed E-state index contributed by atoms with van der Waals surface area (Å²) < 4.78 is 0. The van der Waals surface area contributed by atoms with Crippen LogP contribution < -0.4 is 4.90 Å². The van der Waals surface area contributed by atoms with E-state index in [1.54, 1.807) is 0 Å². The van der Waals surface area contributed by atoms with E-state index in [1.165, 1.54) is 5.56 Å². The number of benzene rings is 2. The number of likely N-dealkylation sites (tertiary alicyclic amines) is 1. The second-order valence-corrected chi connectivity index (χ2v) is 7.91. The van der Waals surface area contributed by atoms with E-state index in [0.717, 1.165) is 44.7 Å². The van der Waals surface area contributed by atoms with Gasteiger partial charge in [-0.3, -0.25) is 9.69 Å². The van der Waals surface area contributed by atoms with Crippen LogP contribution in [0.5, 0.6) is 0 Å². The van der Waals surface area contributed by atoms with Crippen LogP contribution >= 0.6 is 0 Å². The Morgan fingerprint density at radius 2 is 1.42 bits per heavy atom. The van der Waals surface area contributed by atoms with Crippen molar-refractivity contribution in [3.05, 3.63) is 78.4 Å². The van der Waals surface area contributed by atoms with Gasteiger partial charge in [0.05, 0.1) is 0 Å². The topological polar surface area (TPSA) is 98.2 Å². The number of nitrogens with zero attached hydrogens (tertiary/aromatic N) is 2. The van der Waals surface area contributed by atoms with Gasteiger partial charge in [0.15, 0.2) is 0 Å². The van der Waals surface area contributed by atoms with E-state index in [-0.39, 0.29) is 5.91 Å². The van der Waals surface area contributed by atoms with Crippen LogP contribution in [0.25, 0.3) is 0 Å². The Hall–Kier alpha value is -3.45. The highest BCUT2D eigenvalue weighted by Crippen LogP contribution is 2.23.